The molecule has 21 heavy (non-hydrogen) atoms. The smallest absolute Gasteiger partial charge is 0.232 e. The minimum atomic E-state index is 0. The second kappa shape index (κ2) is 12.8. The Hall–Kier alpha value is 0.320. The van der Waals surface area contributed by atoms with Gasteiger partial charge in [-0.05, 0) is 26.9 Å². The largest absolute Gasteiger partial charge is 0.336 e. The van der Waals surface area contributed by atoms with Gasteiger partial charge in [0.15, 0.2) is 0 Å². The molecule has 2 atom stereocenters. The summed E-state index contributed by atoms with van der Waals surface area (Å²) in [5.41, 5.74) is 0. The maximum Gasteiger partial charge on any atom is 0.232 e. The fraction of sp³-hybridized carbons (Fsp3) is 0.929. The summed E-state index contributed by atoms with van der Waals surface area (Å²) in [7, 11) is 0. The molecule has 4 nitrogen and oxygen atoms in total. The lowest BCUT2D eigenvalue weighted by atomic mass is 10.1. The van der Waals surface area contributed by atoms with E-state index in [1.165, 1.54) is 0 Å². The number of rotatable bonds is 7. The molecule has 1 heterocycles. The van der Waals surface area contributed by atoms with Gasteiger partial charge in [-0.3, -0.25) is 4.79 Å². The van der Waals surface area contributed by atoms with Crippen molar-refractivity contribution in [2.75, 3.05) is 44.2 Å². The first-order valence-corrected chi connectivity index (χ1v) is 8.58. The lowest BCUT2D eigenvalue weighted by Crippen LogP contribution is -2.57. The van der Waals surface area contributed by atoms with Gasteiger partial charge in [-0.2, -0.15) is 11.8 Å². The van der Waals surface area contributed by atoms with Crippen LogP contribution in [0.5, 0.6) is 0 Å². The monoisotopic (exact) mass is 359 g/mol. The average Bonchev–Trinajstić information content (AvgIpc) is 2.42. The second-order valence-electron chi connectivity index (χ2n) is 5.15. The number of carbonyl (C=O) groups is 1. The van der Waals surface area contributed by atoms with E-state index >= 15 is 0 Å². The van der Waals surface area contributed by atoms with E-state index < -0.39 is 0 Å². The maximum atomic E-state index is 12.2. The second-order valence-corrected chi connectivity index (χ2v) is 6.26. The van der Waals surface area contributed by atoms with Crippen molar-refractivity contribution in [1.82, 2.24) is 15.1 Å². The van der Waals surface area contributed by atoms with E-state index in [0.29, 0.717) is 23.7 Å². The van der Waals surface area contributed by atoms with E-state index in [-0.39, 0.29) is 24.8 Å². The molecule has 128 valence electrons. The maximum absolute atomic E-state index is 12.2. The summed E-state index contributed by atoms with van der Waals surface area (Å²) in [5.74, 6) is 1.97. The third-order valence-electron chi connectivity index (χ3n) is 4.03. The summed E-state index contributed by atoms with van der Waals surface area (Å²) < 4.78 is 0. The van der Waals surface area contributed by atoms with Crippen LogP contribution in [-0.4, -0.2) is 72.0 Å². The summed E-state index contributed by atoms with van der Waals surface area (Å²) in [5, 5.41) is 3.41. The molecule has 0 aromatic carbocycles. The van der Waals surface area contributed by atoms with E-state index in [4.69, 9.17) is 0 Å². The quantitative estimate of drug-likeness (QED) is 0.706. The third kappa shape index (κ3) is 7.93. The number of nitrogens with zero attached hydrogens (tertiary/aromatic N) is 2. The van der Waals surface area contributed by atoms with Gasteiger partial charge in [-0.1, -0.05) is 13.8 Å². The number of nitrogens with one attached hydrogen (secondary N) is 1. The average molecular weight is 360 g/mol. The van der Waals surface area contributed by atoms with Crippen LogP contribution in [0.2, 0.25) is 0 Å². The zero-order valence-corrected chi connectivity index (χ0v) is 16.1. The number of amides is 1. The van der Waals surface area contributed by atoms with Crippen LogP contribution in [0, 0.1) is 0 Å². The molecule has 1 amide bonds. The number of piperazine rings is 1. The van der Waals surface area contributed by atoms with E-state index in [9.17, 15) is 4.79 Å². The van der Waals surface area contributed by atoms with Crippen molar-refractivity contribution in [2.24, 2.45) is 0 Å². The minimum Gasteiger partial charge on any atom is -0.336 e. The van der Waals surface area contributed by atoms with Crippen LogP contribution in [0.4, 0.5) is 0 Å². The molecule has 0 spiro atoms. The van der Waals surface area contributed by atoms with Gasteiger partial charge in [0.1, 0.15) is 0 Å². The first-order valence-electron chi connectivity index (χ1n) is 7.43. The lowest BCUT2D eigenvalue weighted by Gasteiger charge is -2.38. The van der Waals surface area contributed by atoms with Crippen LogP contribution in [0.25, 0.3) is 0 Å². The molecular formula is C14H31Cl2N3OS. The molecule has 1 aliphatic heterocycles. The van der Waals surface area contributed by atoms with Crippen LogP contribution in [0.3, 0.4) is 0 Å². The zero-order chi connectivity index (χ0) is 14.3. The molecule has 0 bridgehead atoms. The van der Waals surface area contributed by atoms with Gasteiger partial charge in [-0.15, -0.1) is 24.8 Å². The highest BCUT2D eigenvalue weighted by Crippen LogP contribution is 2.12. The summed E-state index contributed by atoms with van der Waals surface area (Å²) in [6.07, 6.45) is 0. The van der Waals surface area contributed by atoms with Crippen LogP contribution in [-0.2, 0) is 4.79 Å². The van der Waals surface area contributed by atoms with Crippen LogP contribution in [0.15, 0.2) is 0 Å². The fourth-order valence-electron chi connectivity index (χ4n) is 2.38. The van der Waals surface area contributed by atoms with Crippen LogP contribution in [0.1, 0.15) is 27.7 Å². The van der Waals surface area contributed by atoms with Gasteiger partial charge in [0.05, 0.1) is 5.75 Å². The molecule has 7 heteroatoms. The summed E-state index contributed by atoms with van der Waals surface area (Å²) >= 11 is 1.76. The highest BCUT2D eigenvalue weighted by Gasteiger charge is 2.27. The summed E-state index contributed by atoms with van der Waals surface area (Å²) in [4.78, 5) is 16.6. The van der Waals surface area contributed by atoms with Crippen molar-refractivity contribution in [3.8, 4) is 0 Å². The Bertz CT molecular complexity index is 281. The highest BCUT2D eigenvalue weighted by atomic mass is 35.5. The summed E-state index contributed by atoms with van der Waals surface area (Å²) in [6, 6.07) is 0.711. The molecule has 1 fully saturated rings. The Morgan fingerprint density at radius 2 is 1.90 bits per heavy atom. The van der Waals surface area contributed by atoms with Gasteiger partial charge >= 0.3 is 0 Å². The van der Waals surface area contributed by atoms with Gasteiger partial charge in [0, 0.05) is 37.5 Å². The van der Waals surface area contributed by atoms with Crippen molar-refractivity contribution in [3.63, 3.8) is 0 Å². The van der Waals surface area contributed by atoms with E-state index in [1.807, 2.05) is 4.90 Å². The van der Waals surface area contributed by atoms with E-state index in [2.05, 4.69) is 37.9 Å². The zero-order valence-electron chi connectivity index (χ0n) is 13.6. The van der Waals surface area contributed by atoms with Crippen LogP contribution >= 0.6 is 36.6 Å². The van der Waals surface area contributed by atoms with Crippen molar-refractivity contribution in [2.45, 2.75) is 39.8 Å². The standard InChI is InChI=1S/C14H29N3OS.2ClH/c1-5-16(6-2)9-10-19-11-14(18)17-8-7-15-12(3)13(17)4;;/h12-13,15H,5-11H2,1-4H3;2*1H. The Kier molecular flexibility index (Phi) is 14.4. The van der Waals surface area contributed by atoms with Gasteiger partial charge < -0.3 is 15.1 Å². The van der Waals surface area contributed by atoms with Gasteiger partial charge in [-0.25, -0.2) is 0 Å². The van der Waals surface area contributed by atoms with Crippen molar-refractivity contribution in [1.29, 1.82) is 0 Å². The normalized spacial score (nSPS) is 21.7. The van der Waals surface area contributed by atoms with Gasteiger partial charge in [0.25, 0.3) is 0 Å². The third-order valence-corrected chi connectivity index (χ3v) is 4.95. The molecule has 1 rings (SSSR count). The van der Waals surface area contributed by atoms with Crippen molar-refractivity contribution in [3.05, 3.63) is 0 Å². The number of hydrogen-bond acceptors (Lipinski definition) is 4. The topological polar surface area (TPSA) is 35.6 Å². The predicted octanol–water partition coefficient (Wildman–Crippen LogP) is 2.11. The summed E-state index contributed by atoms with van der Waals surface area (Å²) in [6.45, 7) is 13.7. The molecule has 0 aromatic heterocycles. The Morgan fingerprint density at radius 1 is 1.29 bits per heavy atom. The van der Waals surface area contributed by atoms with Crippen molar-refractivity contribution >= 4 is 42.5 Å². The van der Waals surface area contributed by atoms with Crippen molar-refractivity contribution < 1.29 is 4.79 Å². The number of hydrogen-bond donors (Lipinski definition) is 1. The van der Waals surface area contributed by atoms with E-state index in [1.54, 1.807) is 11.8 Å². The molecule has 0 radical (unpaired) electrons. The first kappa shape index (κ1) is 23.6. The Morgan fingerprint density at radius 3 is 2.48 bits per heavy atom. The molecule has 0 aromatic rings. The molecule has 1 aliphatic rings. The number of halogens is 2. The molecule has 2 unspecified atom stereocenters. The molecular weight excluding hydrogens is 329 g/mol. The van der Waals surface area contributed by atoms with Crippen LogP contribution < -0.4 is 5.32 Å². The molecule has 0 saturated carbocycles. The minimum absolute atomic E-state index is 0. The first-order chi connectivity index (χ1) is 9.10. The van der Waals surface area contributed by atoms with E-state index in [0.717, 1.165) is 38.5 Å². The molecule has 1 N–H and O–H groups in total. The Labute approximate surface area is 146 Å². The Balaban J connectivity index is 0. The SMILES string of the molecule is CCN(CC)CCSCC(=O)N1CCNC(C)C1C.Cl.Cl. The molecule has 1 saturated heterocycles. The number of thioether (sulfide) groups is 1. The lowest BCUT2D eigenvalue weighted by molar-refractivity contribution is -0.131. The predicted molar refractivity (Wildman–Crippen MR) is 98.2 cm³/mol. The fourth-order valence-corrected chi connectivity index (χ4v) is 3.26. The van der Waals surface area contributed by atoms with Gasteiger partial charge in [0.2, 0.25) is 5.91 Å². The highest BCUT2D eigenvalue weighted by molar-refractivity contribution is 7.99. The number of carbonyl (C=O) groups excluding carboxylic acids is 1. The molecule has 0 aliphatic carbocycles.